The summed E-state index contributed by atoms with van der Waals surface area (Å²) in [5.74, 6) is -1.47. The van der Waals surface area contributed by atoms with E-state index in [2.05, 4.69) is 0 Å². The molecule has 7 N–H and O–H groups in total. The van der Waals surface area contributed by atoms with Gasteiger partial charge in [-0.05, 0) is 29.3 Å². The standard InChI is InChI=1S/C20H26O11/c21-6-5-12(8-22)9-30-20-19(28)18(27)17(26)15(31-20)10-29-16(25)4-2-11-1-3-13(23)14(24)7-11/h1-5,7,15,17-24,26-28H,6,8-10H2/t15-,17-,18+,19-,20-/m1/s1. The molecule has 5 atom stereocenters. The van der Waals surface area contributed by atoms with Crippen molar-refractivity contribution in [2.75, 3.05) is 26.4 Å². The number of hydrogen-bond acceptors (Lipinski definition) is 11. The van der Waals surface area contributed by atoms with Crippen LogP contribution in [0, 0.1) is 0 Å². The van der Waals surface area contributed by atoms with Gasteiger partial charge in [-0.25, -0.2) is 4.79 Å². The number of carbonyl (C=O) groups excluding carboxylic acids is 1. The van der Waals surface area contributed by atoms with Gasteiger partial charge < -0.3 is 50.0 Å². The van der Waals surface area contributed by atoms with Crippen LogP contribution in [-0.2, 0) is 19.0 Å². The SMILES string of the molecule is O=C(C=Cc1ccc(O)c(O)c1)OC[C@H]1O[C@@H](OCC(=CCO)CO)[C@H](O)[C@@H](O)[C@@H]1O. The lowest BCUT2D eigenvalue weighted by Crippen LogP contribution is -2.59. The molecule has 0 spiro atoms. The van der Waals surface area contributed by atoms with E-state index < -0.39 is 49.9 Å². The molecule has 1 heterocycles. The highest BCUT2D eigenvalue weighted by atomic mass is 16.7. The number of carbonyl (C=O) groups is 1. The predicted octanol–water partition coefficient (Wildman–Crippen LogP) is -1.61. The molecule has 0 unspecified atom stereocenters. The quantitative estimate of drug-likeness (QED) is 0.101. The molecular weight excluding hydrogens is 416 g/mol. The summed E-state index contributed by atoms with van der Waals surface area (Å²) in [4.78, 5) is 11.9. The number of aliphatic hydroxyl groups is 5. The minimum absolute atomic E-state index is 0.212. The first-order valence-corrected chi connectivity index (χ1v) is 9.34. The Hall–Kier alpha value is -2.51. The van der Waals surface area contributed by atoms with Crippen molar-refractivity contribution in [2.45, 2.75) is 30.7 Å². The highest BCUT2D eigenvalue weighted by molar-refractivity contribution is 5.87. The molecule has 1 saturated heterocycles. The van der Waals surface area contributed by atoms with Crippen molar-refractivity contribution in [3.8, 4) is 11.5 Å². The Bertz CT molecular complexity index is 791. The Morgan fingerprint density at radius 1 is 1.06 bits per heavy atom. The van der Waals surface area contributed by atoms with Gasteiger partial charge in [-0.2, -0.15) is 0 Å². The monoisotopic (exact) mass is 442 g/mol. The summed E-state index contributed by atoms with van der Waals surface area (Å²) in [6.07, 6.45) is -3.72. The molecule has 0 aromatic heterocycles. The van der Waals surface area contributed by atoms with Crippen molar-refractivity contribution >= 4 is 12.0 Å². The molecule has 1 fully saturated rings. The van der Waals surface area contributed by atoms with Gasteiger partial charge in [0.2, 0.25) is 0 Å². The number of benzene rings is 1. The molecule has 1 aromatic rings. The number of aromatic hydroxyl groups is 2. The molecule has 0 amide bonds. The van der Waals surface area contributed by atoms with Crippen molar-refractivity contribution in [3.63, 3.8) is 0 Å². The normalized spacial score (nSPS) is 26.9. The zero-order valence-electron chi connectivity index (χ0n) is 16.4. The summed E-state index contributed by atoms with van der Waals surface area (Å²) >= 11 is 0. The van der Waals surface area contributed by atoms with Gasteiger partial charge in [-0.1, -0.05) is 12.1 Å². The average molecular weight is 442 g/mol. The highest BCUT2D eigenvalue weighted by Crippen LogP contribution is 2.25. The van der Waals surface area contributed by atoms with Crippen LogP contribution in [0.25, 0.3) is 6.08 Å². The Kier molecular flexibility index (Phi) is 9.40. The zero-order valence-corrected chi connectivity index (χ0v) is 16.4. The topological polar surface area (TPSA) is 186 Å². The van der Waals surface area contributed by atoms with E-state index in [9.17, 15) is 30.3 Å². The molecule has 0 saturated carbocycles. The number of esters is 1. The molecule has 172 valence electrons. The Morgan fingerprint density at radius 3 is 2.45 bits per heavy atom. The average Bonchev–Trinajstić information content (AvgIpc) is 2.76. The van der Waals surface area contributed by atoms with Gasteiger partial charge in [0.1, 0.15) is 31.0 Å². The van der Waals surface area contributed by atoms with Crippen molar-refractivity contribution in [1.82, 2.24) is 0 Å². The van der Waals surface area contributed by atoms with E-state index in [0.717, 1.165) is 6.08 Å². The molecule has 31 heavy (non-hydrogen) atoms. The number of rotatable bonds is 9. The molecule has 2 rings (SSSR count). The summed E-state index contributed by atoms with van der Waals surface area (Å²) in [6, 6.07) is 3.94. The van der Waals surface area contributed by atoms with Crippen LogP contribution in [0.5, 0.6) is 11.5 Å². The zero-order chi connectivity index (χ0) is 23.0. The third-order valence-electron chi connectivity index (χ3n) is 4.49. The minimum Gasteiger partial charge on any atom is -0.504 e. The Labute approximate surface area is 177 Å². The fourth-order valence-electron chi connectivity index (χ4n) is 2.70. The lowest BCUT2D eigenvalue weighted by molar-refractivity contribution is -0.299. The molecule has 1 aromatic carbocycles. The van der Waals surface area contributed by atoms with Crippen LogP contribution in [-0.4, -0.2) is 98.8 Å². The van der Waals surface area contributed by atoms with Gasteiger partial charge in [0.25, 0.3) is 0 Å². The first-order valence-electron chi connectivity index (χ1n) is 9.34. The third-order valence-corrected chi connectivity index (χ3v) is 4.49. The van der Waals surface area contributed by atoms with Crippen LogP contribution in [0.2, 0.25) is 0 Å². The van der Waals surface area contributed by atoms with E-state index in [4.69, 9.17) is 24.4 Å². The van der Waals surface area contributed by atoms with Crippen LogP contribution in [0.15, 0.2) is 35.9 Å². The van der Waals surface area contributed by atoms with Gasteiger partial charge in [0.05, 0.1) is 19.8 Å². The van der Waals surface area contributed by atoms with Gasteiger partial charge in [0, 0.05) is 6.08 Å². The first-order chi connectivity index (χ1) is 14.8. The fraction of sp³-hybridized carbons (Fsp3) is 0.450. The summed E-state index contributed by atoms with van der Waals surface area (Å²) < 4.78 is 15.7. The van der Waals surface area contributed by atoms with Crippen molar-refractivity contribution < 1.29 is 54.8 Å². The Morgan fingerprint density at radius 2 is 1.81 bits per heavy atom. The largest absolute Gasteiger partial charge is 0.504 e. The van der Waals surface area contributed by atoms with E-state index in [-0.39, 0.29) is 24.7 Å². The lowest BCUT2D eigenvalue weighted by atomic mass is 9.99. The highest BCUT2D eigenvalue weighted by Gasteiger charge is 2.44. The molecule has 1 aliphatic rings. The van der Waals surface area contributed by atoms with E-state index in [0.29, 0.717) is 11.1 Å². The summed E-state index contributed by atoms with van der Waals surface area (Å²) in [7, 11) is 0. The molecule has 0 radical (unpaired) electrons. The molecule has 11 nitrogen and oxygen atoms in total. The number of phenolic OH excluding ortho intramolecular Hbond substituents is 2. The van der Waals surface area contributed by atoms with Crippen LogP contribution in [0.3, 0.4) is 0 Å². The summed E-state index contributed by atoms with van der Waals surface area (Å²) in [6.45, 7) is -1.41. The molecule has 11 heteroatoms. The van der Waals surface area contributed by atoms with E-state index in [1.54, 1.807) is 0 Å². The number of ether oxygens (including phenoxy) is 3. The molecule has 0 aliphatic carbocycles. The maximum absolute atomic E-state index is 11.9. The van der Waals surface area contributed by atoms with Crippen molar-refractivity contribution in [2.24, 2.45) is 0 Å². The van der Waals surface area contributed by atoms with Gasteiger partial charge in [0.15, 0.2) is 17.8 Å². The van der Waals surface area contributed by atoms with E-state index in [1.807, 2.05) is 0 Å². The number of aliphatic hydroxyl groups excluding tert-OH is 5. The first kappa shape index (κ1) is 24.8. The minimum atomic E-state index is -1.64. The van der Waals surface area contributed by atoms with Gasteiger partial charge in [-0.15, -0.1) is 0 Å². The van der Waals surface area contributed by atoms with Gasteiger partial charge >= 0.3 is 5.97 Å². The maximum Gasteiger partial charge on any atom is 0.330 e. The molecule has 0 bridgehead atoms. The number of hydrogen-bond donors (Lipinski definition) is 7. The summed E-state index contributed by atoms with van der Waals surface area (Å²) in [5, 5.41) is 66.8. The second kappa shape index (κ2) is 11.8. The van der Waals surface area contributed by atoms with Crippen molar-refractivity contribution in [3.05, 3.63) is 41.5 Å². The second-order valence-electron chi connectivity index (χ2n) is 6.74. The predicted molar refractivity (Wildman–Crippen MR) is 105 cm³/mol. The second-order valence-corrected chi connectivity index (χ2v) is 6.74. The van der Waals surface area contributed by atoms with E-state index in [1.165, 1.54) is 30.4 Å². The summed E-state index contributed by atoms with van der Waals surface area (Å²) in [5.41, 5.74) is 0.733. The molecular formula is C20H26O11. The maximum atomic E-state index is 11.9. The Balaban J connectivity index is 1.92. The van der Waals surface area contributed by atoms with E-state index >= 15 is 0 Å². The number of phenols is 2. The van der Waals surface area contributed by atoms with Crippen LogP contribution >= 0.6 is 0 Å². The fourth-order valence-corrected chi connectivity index (χ4v) is 2.70. The van der Waals surface area contributed by atoms with Crippen LogP contribution < -0.4 is 0 Å². The molecule has 1 aliphatic heterocycles. The van der Waals surface area contributed by atoms with Crippen LogP contribution in [0.4, 0.5) is 0 Å². The smallest absolute Gasteiger partial charge is 0.330 e. The third kappa shape index (κ3) is 7.01. The van der Waals surface area contributed by atoms with Gasteiger partial charge in [-0.3, -0.25) is 0 Å². The van der Waals surface area contributed by atoms with Crippen molar-refractivity contribution in [1.29, 1.82) is 0 Å². The van der Waals surface area contributed by atoms with Crippen LogP contribution in [0.1, 0.15) is 5.56 Å². The lowest BCUT2D eigenvalue weighted by Gasteiger charge is -2.40.